The largest absolute Gasteiger partial charge is 0.463 e. The third-order valence-electron chi connectivity index (χ3n) is 4.67. The molecule has 0 aliphatic carbocycles. The highest BCUT2D eigenvalue weighted by Crippen LogP contribution is 2.21. The lowest BCUT2D eigenvalue weighted by Gasteiger charge is -2.08. The van der Waals surface area contributed by atoms with E-state index in [0.29, 0.717) is 18.0 Å². The van der Waals surface area contributed by atoms with E-state index in [2.05, 4.69) is 35.4 Å². The Hall–Kier alpha value is -3.86. The van der Waals surface area contributed by atoms with Gasteiger partial charge in [0.15, 0.2) is 0 Å². The van der Waals surface area contributed by atoms with Crippen LogP contribution < -0.4 is 10.9 Å². The average Bonchev–Trinajstić information content (AvgIpc) is 3.27. The Morgan fingerprint density at radius 3 is 2.48 bits per heavy atom. The van der Waals surface area contributed by atoms with Crippen molar-refractivity contribution in [2.45, 2.75) is 13.5 Å². The van der Waals surface area contributed by atoms with E-state index in [1.807, 2.05) is 30.3 Å². The number of aromatic nitrogens is 1. The van der Waals surface area contributed by atoms with Crippen LogP contribution in [0.5, 0.6) is 0 Å². The van der Waals surface area contributed by atoms with Gasteiger partial charge < -0.3 is 14.7 Å². The lowest BCUT2D eigenvalue weighted by molar-refractivity contribution is 0.0949. The van der Waals surface area contributed by atoms with E-state index in [9.17, 15) is 9.59 Å². The number of hydrogen-bond donors (Lipinski definition) is 2. The van der Waals surface area contributed by atoms with Crippen LogP contribution in [0.25, 0.3) is 22.6 Å². The smallest absolute Gasteiger partial charge is 0.261 e. The molecule has 2 aromatic carbocycles. The summed E-state index contributed by atoms with van der Waals surface area (Å²) in [6, 6.07) is 22.9. The predicted molar refractivity (Wildman–Crippen MR) is 113 cm³/mol. The first-order chi connectivity index (χ1) is 14.1. The van der Waals surface area contributed by atoms with E-state index in [1.54, 1.807) is 18.2 Å². The first kappa shape index (κ1) is 18.5. The van der Waals surface area contributed by atoms with Gasteiger partial charge in [-0.3, -0.25) is 9.59 Å². The van der Waals surface area contributed by atoms with Crippen LogP contribution in [0.3, 0.4) is 0 Å². The second kappa shape index (κ2) is 8.02. The molecule has 0 radical (unpaired) electrons. The lowest BCUT2D eigenvalue weighted by Crippen LogP contribution is -2.29. The fraction of sp³-hybridized carbons (Fsp3) is 0.0833. The highest BCUT2D eigenvalue weighted by atomic mass is 16.3. The normalized spacial score (nSPS) is 10.7. The fourth-order valence-electron chi connectivity index (χ4n) is 3.19. The summed E-state index contributed by atoms with van der Waals surface area (Å²) in [5.41, 5.74) is 4.51. The quantitative estimate of drug-likeness (QED) is 0.530. The van der Waals surface area contributed by atoms with Gasteiger partial charge in [0.25, 0.3) is 11.5 Å². The maximum absolute atomic E-state index is 12.5. The van der Waals surface area contributed by atoms with Crippen molar-refractivity contribution in [2.24, 2.45) is 0 Å². The van der Waals surface area contributed by atoms with E-state index in [-0.39, 0.29) is 5.56 Å². The number of rotatable bonds is 5. The molecule has 0 saturated heterocycles. The molecule has 5 heteroatoms. The molecule has 4 aromatic rings. The molecule has 29 heavy (non-hydrogen) atoms. The monoisotopic (exact) mass is 384 g/mol. The number of carbonyl (C=O) groups excluding carboxylic acids is 1. The van der Waals surface area contributed by atoms with Gasteiger partial charge in [0.1, 0.15) is 11.3 Å². The van der Waals surface area contributed by atoms with E-state index in [4.69, 9.17) is 4.42 Å². The number of carbonyl (C=O) groups is 1. The average molecular weight is 384 g/mol. The second-order valence-corrected chi connectivity index (χ2v) is 6.84. The maximum Gasteiger partial charge on any atom is 0.261 e. The van der Waals surface area contributed by atoms with E-state index in [1.165, 1.54) is 17.9 Å². The zero-order chi connectivity index (χ0) is 20.2. The molecule has 0 atom stereocenters. The topological polar surface area (TPSA) is 75.1 Å². The molecule has 0 aliphatic heterocycles. The number of aromatic amines is 1. The van der Waals surface area contributed by atoms with Gasteiger partial charge in [-0.05, 0) is 53.9 Å². The van der Waals surface area contributed by atoms with Crippen LogP contribution in [0.1, 0.15) is 21.5 Å². The molecule has 4 rings (SSSR count). The molecule has 144 valence electrons. The van der Waals surface area contributed by atoms with Crippen LogP contribution >= 0.6 is 0 Å². The molecule has 2 aromatic heterocycles. The summed E-state index contributed by atoms with van der Waals surface area (Å²) >= 11 is 0. The third kappa shape index (κ3) is 4.19. The van der Waals surface area contributed by atoms with Gasteiger partial charge >= 0.3 is 0 Å². The van der Waals surface area contributed by atoms with Crippen molar-refractivity contribution in [3.05, 3.63) is 106 Å². The molecule has 1 amide bonds. The zero-order valence-corrected chi connectivity index (χ0v) is 15.9. The lowest BCUT2D eigenvalue weighted by atomic mass is 10.0. The summed E-state index contributed by atoms with van der Waals surface area (Å²) in [6.07, 6.45) is 1.53. The van der Waals surface area contributed by atoms with Crippen LogP contribution in [0.4, 0.5) is 0 Å². The fourth-order valence-corrected chi connectivity index (χ4v) is 3.19. The van der Waals surface area contributed by atoms with Gasteiger partial charge in [0.2, 0.25) is 0 Å². The molecule has 0 fully saturated rings. The number of pyridine rings is 1. The van der Waals surface area contributed by atoms with Crippen molar-refractivity contribution >= 4 is 5.91 Å². The van der Waals surface area contributed by atoms with Crippen LogP contribution in [0, 0.1) is 6.92 Å². The van der Waals surface area contributed by atoms with Crippen molar-refractivity contribution < 1.29 is 9.21 Å². The standard InChI is InChI=1S/C24H20N2O3/c1-16-5-2-7-18(13-16)19-8-3-6-17(14-19)15-25-23(27)20-10-11-21(26-24(20)28)22-9-4-12-29-22/h2-14H,15H2,1H3,(H,25,27)(H,26,28). The van der Waals surface area contributed by atoms with Crippen LogP contribution in [-0.4, -0.2) is 10.9 Å². The number of benzene rings is 2. The predicted octanol–water partition coefficient (Wildman–Crippen LogP) is 4.54. The van der Waals surface area contributed by atoms with Gasteiger partial charge in [-0.2, -0.15) is 0 Å². The molecule has 2 heterocycles. The van der Waals surface area contributed by atoms with Gasteiger partial charge in [0, 0.05) is 6.54 Å². The molecule has 0 unspecified atom stereocenters. The number of nitrogens with one attached hydrogen (secondary N) is 2. The Balaban J connectivity index is 1.47. The van der Waals surface area contributed by atoms with Gasteiger partial charge in [-0.15, -0.1) is 0 Å². The first-order valence-electron chi connectivity index (χ1n) is 9.31. The molecule has 0 aliphatic rings. The molecular weight excluding hydrogens is 364 g/mol. The number of hydrogen-bond acceptors (Lipinski definition) is 3. The molecule has 2 N–H and O–H groups in total. The number of furan rings is 1. The maximum atomic E-state index is 12.5. The Labute approximate surface area is 168 Å². The summed E-state index contributed by atoms with van der Waals surface area (Å²) in [4.78, 5) is 27.5. The second-order valence-electron chi connectivity index (χ2n) is 6.84. The summed E-state index contributed by atoms with van der Waals surface area (Å²) in [5.74, 6) is 0.125. The Bertz CT molecular complexity index is 1210. The van der Waals surface area contributed by atoms with Crippen LogP contribution in [0.15, 0.2) is 88.3 Å². The molecule has 0 spiro atoms. The summed E-state index contributed by atoms with van der Waals surface area (Å²) in [6.45, 7) is 2.39. The van der Waals surface area contributed by atoms with E-state index in [0.717, 1.165) is 16.7 Å². The van der Waals surface area contributed by atoms with Crippen molar-refractivity contribution in [1.82, 2.24) is 10.3 Å². The third-order valence-corrected chi connectivity index (χ3v) is 4.67. The van der Waals surface area contributed by atoms with Crippen LogP contribution in [0.2, 0.25) is 0 Å². The minimum Gasteiger partial charge on any atom is -0.463 e. The van der Waals surface area contributed by atoms with Crippen molar-refractivity contribution in [3.63, 3.8) is 0 Å². The van der Waals surface area contributed by atoms with Crippen molar-refractivity contribution in [3.8, 4) is 22.6 Å². The van der Waals surface area contributed by atoms with Crippen LogP contribution in [-0.2, 0) is 6.54 Å². The Kier molecular flexibility index (Phi) is 5.12. The molecule has 0 saturated carbocycles. The molecule has 0 bridgehead atoms. The molecular formula is C24H20N2O3. The van der Waals surface area contributed by atoms with E-state index < -0.39 is 11.5 Å². The highest BCUT2D eigenvalue weighted by Gasteiger charge is 2.12. The van der Waals surface area contributed by atoms with Crippen molar-refractivity contribution in [2.75, 3.05) is 0 Å². The van der Waals surface area contributed by atoms with Gasteiger partial charge in [-0.1, -0.05) is 48.0 Å². The summed E-state index contributed by atoms with van der Waals surface area (Å²) < 4.78 is 5.26. The number of H-pyrrole nitrogens is 1. The SMILES string of the molecule is Cc1cccc(-c2cccc(CNC(=O)c3ccc(-c4ccco4)[nH]c3=O)c2)c1. The van der Waals surface area contributed by atoms with Gasteiger partial charge in [-0.25, -0.2) is 0 Å². The Morgan fingerprint density at radius 1 is 0.966 bits per heavy atom. The van der Waals surface area contributed by atoms with E-state index >= 15 is 0 Å². The zero-order valence-electron chi connectivity index (χ0n) is 15.9. The minimum atomic E-state index is -0.454. The number of aryl methyl sites for hydroxylation is 1. The minimum absolute atomic E-state index is 0.0649. The summed E-state index contributed by atoms with van der Waals surface area (Å²) in [5, 5.41) is 2.82. The summed E-state index contributed by atoms with van der Waals surface area (Å²) in [7, 11) is 0. The first-order valence-corrected chi connectivity index (χ1v) is 9.31. The molecule has 5 nitrogen and oxygen atoms in total. The number of amides is 1. The Morgan fingerprint density at radius 2 is 1.76 bits per heavy atom. The highest BCUT2D eigenvalue weighted by molar-refractivity contribution is 5.94. The van der Waals surface area contributed by atoms with Gasteiger partial charge in [0.05, 0.1) is 12.0 Å². The van der Waals surface area contributed by atoms with Crippen molar-refractivity contribution in [1.29, 1.82) is 0 Å².